The van der Waals surface area contributed by atoms with Gasteiger partial charge in [-0.3, -0.25) is 9.59 Å². The molecule has 0 aromatic heterocycles. The summed E-state index contributed by atoms with van der Waals surface area (Å²) in [6.45, 7) is 2.12. The zero-order chi connectivity index (χ0) is 20.0. The minimum atomic E-state index is -1.46. The molecule has 2 spiro atoms. The Labute approximate surface area is 168 Å². The van der Waals surface area contributed by atoms with Crippen molar-refractivity contribution in [1.82, 2.24) is 5.32 Å². The molecule has 0 radical (unpaired) electrons. The Morgan fingerprint density at radius 2 is 1.86 bits per heavy atom. The molecule has 1 aliphatic carbocycles. The maximum atomic E-state index is 14.7. The van der Waals surface area contributed by atoms with Gasteiger partial charge < -0.3 is 15.5 Å². The first-order chi connectivity index (χ1) is 14.0. The summed E-state index contributed by atoms with van der Waals surface area (Å²) in [5.41, 5.74) is 1.55. The number of hydrogen-bond acceptors (Lipinski definition) is 3. The molecule has 2 atom stereocenters. The fraction of sp³-hybridized carbons (Fsp3) is 0.391. The number of halogens is 1. The molecule has 29 heavy (non-hydrogen) atoms. The molecular formula is C23H22FN3O2. The number of carbonyl (C=O) groups excluding carboxylic acids is 2. The molecule has 1 fully saturated rings. The summed E-state index contributed by atoms with van der Waals surface area (Å²) < 4.78 is 14.7. The molecule has 3 heterocycles. The van der Waals surface area contributed by atoms with E-state index in [0.29, 0.717) is 16.8 Å². The van der Waals surface area contributed by atoms with E-state index in [1.54, 1.807) is 24.3 Å². The highest BCUT2D eigenvalue weighted by molar-refractivity contribution is 6.16. The number of hydrogen-bond donors (Lipinski definition) is 2. The second kappa shape index (κ2) is 5.38. The number of carbonyl (C=O) groups is 2. The lowest BCUT2D eigenvalue weighted by Gasteiger charge is -2.46. The maximum absolute atomic E-state index is 14.7. The van der Waals surface area contributed by atoms with E-state index in [1.165, 1.54) is 6.07 Å². The molecule has 6 rings (SSSR count). The number of fused-ring (bicyclic) bond motifs is 3. The summed E-state index contributed by atoms with van der Waals surface area (Å²) in [5, 5.41) is 6.20. The van der Waals surface area contributed by atoms with Gasteiger partial charge in [-0.25, -0.2) is 4.39 Å². The largest absolute Gasteiger partial charge is 0.350 e. The molecule has 0 bridgehead atoms. The molecule has 1 saturated carbocycles. The van der Waals surface area contributed by atoms with Crippen LogP contribution in [0.3, 0.4) is 0 Å². The molecule has 4 aliphatic rings. The van der Waals surface area contributed by atoms with E-state index in [2.05, 4.69) is 17.6 Å². The van der Waals surface area contributed by atoms with Crippen LogP contribution in [0, 0.1) is 5.82 Å². The number of benzene rings is 2. The zero-order valence-electron chi connectivity index (χ0n) is 16.2. The smallest absolute Gasteiger partial charge is 0.279 e. The number of anilines is 2. The van der Waals surface area contributed by atoms with Crippen LogP contribution in [-0.4, -0.2) is 17.4 Å². The lowest BCUT2D eigenvalue weighted by Crippen LogP contribution is -2.63. The van der Waals surface area contributed by atoms with E-state index < -0.39 is 5.66 Å². The van der Waals surface area contributed by atoms with Gasteiger partial charge in [0, 0.05) is 16.8 Å². The average Bonchev–Trinajstić information content (AvgIpc) is 3.24. The molecule has 0 unspecified atom stereocenters. The van der Waals surface area contributed by atoms with Crippen molar-refractivity contribution in [2.75, 3.05) is 10.2 Å². The molecule has 5 nitrogen and oxygen atoms in total. The minimum Gasteiger partial charge on any atom is -0.350 e. The lowest BCUT2D eigenvalue weighted by atomic mass is 9.77. The Balaban J connectivity index is 1.62. The summed E-state index contributed by atoms with van der Waals surface area (Å²) in [5.74, 6) is -0.740. The van der Waals surface area contributed by atoms with Crippen LogP contribution in [0.4, 0.5) is 15.8 Å². The van der Waals surface area contributed by atoms with Crippen LogP contribution in [0.2, 0.25) is 0 Å². The Morgan fingerprint density at radius 3 is 2.66 bits per heavy atom. The number of nitrogens with one attached hydrogen (secondary N) is 2. The van der Waals surface area contributed by atoms with Crippen LogP contribution < -0.4 is 15.5 Å². The van der Waals surface area contributed by atoms with Gasteiger partial charge in [-0.2, -0.15) is 0 Å². The maximum Gasteiger partial charge on any atom is 0.279 e. The molecule has 6 heteroatoms. The van der Waals surface area contributed by atoms with Crippen LogP contribution in [0.5, 0.6) is 0 Å². The predicted octanol–water partition coefficient (Wildman–Crippen LogP) is 4.00. The fourth-order valence-corrected chi connectivity index (χ4v) is 6.10. The van der Waals surface area contributed by atoms with E-state index >= 15 is 0 Å². The Morgan fingerprint density at radius 1 is 1.10 bits per heavy atom. The van der Waals surface area contributed by atoms with Gasteiger partial charge in [-0.05, 0) is 55.0 Å². The van der Waals surface area contributed by atoms with Crippen LogP contribution in [0.15, 0.2) is 36.4 Å². The highest BCUT2D eigenvalue weighted by Gasteiger charge is 2.62. The second-order valence-corrected chi connectivity index (χ2v) is 8.94. The number of amides is 2. The summed E-state index contributed by atoms with van der Waals surface area (Å²) in [4.78, 5) is 28.9. The molecule has 3 aliphatic heterocycles. The van der Waals surface area contributed by atoms with Crippen LogP contribution in [-0.2, 0) is 10.5 Å². The number of rotatable bonds is 0. The van der Waals surface area contributed by atoms with Crippen molar-refractivity contribution in [1.29, 1.82) is 0 Å². The molecular weight excluding hydrogens is 369 g/mol. The molecule has 2 aromatic carbocycles. The average molecular weight is 391 g/mol. The van der Waals surface area contributed by atoms with Gasteiger partial charge in [0.15, 0.2) is 0 Å². The number of nitrogens with zero attached hydrogens (tertiary/aromatic N) is 1. The van der Waals surface area contributed by atoms with Gasteiger partial charge in [0.2, 0.25) is 5.66 Å². The van der Waals surface area contributed by atoms with Gasteiger partial charge in [0.05, 0.1) is 11.3 Å². The third-order valence-corrected chi connectivity index (χ3v) is 7.28. The standard InChI is InChI=1S/C23H22FN3O2/c1-13-12-22(8-4-5-9-22)27-19-16(13)10-14(24)11-17(19)23(21(27)29)25-18-7-3-2-6-15(18)20(28)26-23/h2-3,6-7,10-11,13,25H,4-5,8-9,12H2,1H3,(H,26,28)/t13-,23+/m0/s1. The van der Waals surface area contributed by atoms with E-state index in [4.69, 9.17) is 0 Å². The molecule has 2 amide bonds. The first-order valence-electron chi connectivity index (χ1n) is 10.3. The topological polar surface area (TPSA) is 61.4 Å². The van der Waals surface area contributed by atoms with E-state index in [9.17, 15) is 14.0 Å². The number of para-hydroxylation sites is 1. The highest BCUT2D eigenvalue weighted by Crippen LogP contribution is 2.58. The van der Waals surface area contributed by atoms with Crippen LogP contribution in [0.25, 0.3) is 0 Å². The SMILES string of the molecule is C[C@H]1CC2(CCCC2)N2C(=O)[C@]3(NC(=O)c4ccccc4N3)c3cc(F)cc1c32. The van der Waals surface area contributed by atoms with Gasteiger partial charge >= 0.3 is 0 Å². The van der Waals surface area contributed by atoms with Crippen molar-refractivity contribution in [3.8, 4) is 0 Å². The zero-order valence-corrected chi connectivity index (χ0v) is 16.2. The third-order valence-electron chi connectivity index (χ3n) is 7.28. The highest BCUT2D eigenvalue weighted by atomic mass is 19.1. The lowest BCUT2D eigenvalue weighted by molar-refractivity contribution is -0.124. The van der Waals surface area contributed by atoms with Gasteiger partial charge in [0.1, 0.15) is 5.82 Å². The molecule has 148 valence electrons. The Bertz CT molecular complexity index is 1090. The molecule has 0 saturated heterocycles. The van der Waals surface area contributed by atoms with Crippen molar-refractivity contribution in [3.05, 3.63) is 58.9 Å². The summed E-state index contributed by atoms with van der Waals surface area (Å²) >= 11 is 0. The fourth-order valence-electron chi connectivity index (χ4n) is 6.10. The Hall–Kier alpha value is -2.89. The van der Waals surface area contributed by atoms with Crippen molar-refractivity contribution >= 4 is 23.2 Å². The third kappa shape index (κ3) is 1.99. The monoisotopic (exact) mass is 391 g/mol. The first-order valence-corrected chi connectivity index (χ1v) is 10.3. The molecule has 2 aromatic rings. The summed E-state index contributed by atoms with van der Waals surface area (Å²) in [6.07, 6.45) is 4.88. The Kier molecular flexibility index (Phi) is 3.15. The van der Waals surface area contributed by atoms with Gasteiger partial charge in [0.25, 0.3) is 11.8 Å². The van der Waals surface area contributed by atoms with Crippen LogP contribution >= 0.6 is 0 Å². The van der Waals surface area contributed by atoms with E-state index in [-0.39, 0.29) is 29.1 Å². The van der Waals surface area contributed by atoms with E-state index in [0.717, 1.165) is 43.4 Å². The normalized spacial score (nSPS) is 28.3. The minimum absolute atomic E-state index is 0.156. The summed E-state index contributed by atoms with van der Waals surface area (Å²) in [6, 6.07) is 10.1. The van der Waals surface area contributed by atoms with E-state index in [1.807, 2.05) is 11.0 Å². The van der Waals surface area contributed by atoms with Gasteiger partial charge in [-0.15, -0.1) is 0 Å². The van der Waals surface area contributed by atoms with Gasteiger partial charge in [-0.1, -0.05) is 31.9 Å². The first kappa shape index (κ1) is 17.0. The van der Waals surface area contributed by atoms with Crippen molar-refractivity contribution in [2.24, 2.45) is 0 Å². The summed E-state index contributed by atoms with van der Waals surface area (Å²) in [7, 11) is 0. The predicted molar refractivity (Wildman–Crippen MR) is 107 cm³/mol. The second-order valence-electron chi connectivity index (χ2n) is 8.94. The molecule has 2 N–H and O–H groups in total. The van der Waals surface area contributed by atoms with Crippen molar-refractivity contribution in [2.45, 2.75) is 56.1 Å². The quantitative estimate of drug-likeness (QED) is 0.714. The van der Waals surface area contributed by atoms with Crippen molar-refractivity contribution in [3.63, 3.8) is 0 Å². The van der Waals surface area contributed by atoms with Crippen LogP contribution in [0.1, 0.15) is 66.4 Å². The van der Waals surface area contributed by atoms with Crippen molar-refractivity contribution < 1.29 is 14.0 Å².